The zero-order valence-electron chi connectivity index (χ0n) is 37.9. The zero-order chi connectivity index (χ0) is 41.5. The summed E-state index contributed by atoms with van der Waals surface area (Å²) in [7, 11) is 0. The van der Waals surface area contributed by atoms with Crippen LogP contribution in [0.4, 0.5) is 0 Å². The molecule has 0 fully saturated rings. The molecule has 0 spiro atoms. The van der Waals surface area contributed by atoms with Gasteiger partial charge in [-0.25, -0.2) is 0 Å². The van der Waals surface area contributed by atoms with Crippen LogP contribution in [0.3, 0.4) is 0 Å². The number of hydrogen-bond donors (Lipinski definition) is 0. The van der Waals surface area contributed by atoms with Crippen molar-refractivity contribution in [1.82, 2.24) is 0 Å². The number of carbonyl (C=O) groups excluding carboxylic acids is 3. The topological polar surface area (TPSA) is 78.9 Å². The molecule has 0 aliphatic rings. The maximum atomic E-state index is 12.7. The number of carbonyl (C=O) groups is 3. The second kappa shape index (κ2) is 46.3. The molecule has 0 saturated heterocycles. The maximum absolute atomic E-state index is 12.7. The molecule has 332 valence electrons. The summed E-state index contributed by atoms with van der Waals surface area (Å²) < 4.78 is 16.6. The van der Waals surface area contributed by atoms with Gasteiger partial charge in [-0.3, -0.25) is 14.4 Å². The summed E-state index contributed by atoms with van der Waals surface area (Å²) in [5, 5.41) is 0. The highest BCUT2D eigenvalue weighted by molar-refractivity contribution is 5.72. The summed E-state index contributed by atoms with van der Waals surface area (Å²) in [5.74, 6) is -1.01. The Hall–Kier alpha value is -2.37. The van der Waals surface area contributed by atoms with Crippen molar-refractivity contribution in [2.24, 2.45) is 0 Å². The van der Waals surface area contributed by atoms with E-state index >= 15 is 0 Å². The summed E-state index contributed by atoms with van der Waals surface area (Å²) in [6.07, 6.45) is 53.1. The van der Waals surface area contributed by atoms with E-state index in [4.69, 9.17) is 14.2 Å². The van der Waals surface area contributed by atoms with Gasteiger partial charge >= 0.3 is 17.9 Å². The van der Waals surface area contributed by atoms with E-state index in [9.17, 15) is 14.4 Å². The van der Waals surface area contributed by atoms with Gasteiger partial charge in [0.05, 0.1) is 6.42 Å². The minimum absolute atomic E-state index is 0.0947. The Morgan fingerprint density at radius 2 is 0.684 bits per heavy atom. The molecule has 6 heteroatoms. The van der Waals surface area contributed by atoms with E-state index in [1.54, 1.807) is 6.08 Å². The van der Waals surface area contributed by atoms with Crippen molar-refractivity contribution in [2.45, 2.75) is 258 Å². The van der Waals surface area contributed by atoms with Crippen LogP contribution < -0.4 is 0 Å². The van der Waals surface area contributed by atoms with E-state index in [-0.39, 0.29) is 31.6 Å². The molecule has 1 atom stereocenters. The zero-order valence-corrected chi connectivity index (χ0v) is 37.9. The first kappa shape index (κ1) is 54.6. The molecule has 0 amide bonds. The van der Waals surface area contributed by atoms with Gasteiger partial charge in [0.25, 0.3) is 0 Å². The lowest BCUT2D eigenvalue weighted by atomic mass is 10.0. The van der Waals surface area contributed by atoms with Crippen LogP contribution in [0.2, 0.25) is 0 Å². The summed E-state index contributed by atoms with van der Waals surface area (Å²) in [4.78, 5) is 37.7. The minimum Gasteiger partial charge on any atom is -0.462 e. The molecule has 6 nitrogen and oxygen atoms in total. The highest BCUT2D eigenvalue weighted by Gasteiger charge is 2.19. The van der Waals surface area contributed by atoms with E-state index in [1.165, 1.54) is 154 Å². The van der Waals surface area contributed by atoms with Crippen LogP contribution >= 0.6 is 0 Å². The van der Waals surface area contributed by atoms with Gasteiger partial charge in [0.1, 0.15) is 13.2 Å². The molecule has 0 heterocycles. The molecule has 0 bridgehead atoms. The van der Waals surface area contributed by atoms with Gasteiger partial charge in [-0.1, -0.05) is 237 Å². The second-order valence-corrected chi connectivity index (χ2v) is 16.4. The fraction of sp³-hybridized carbons (Fsp3) is 0.824. The van der Waals surface area contributed by atoms with Crippen molar-refractivity contribution in [1.29, 1.82) is 0 Å². The van der Waals surface area contributed by atoms with Gasteiger partial charge in [0, 0.05) is 12.8 Å². The molecule has 57 heavy (non-hydrogen) atoms. The van der Waals surface area contributed by atoms with Crippen LogP contribution in [-0.2, 0) is 28.6 Å². The normalized spacial score (nSPS) is 12.3. The number of ether oxygens (including phenoxy) is 3. The third kappa shape index (κ3) is 44.6. The van der Waals surface area contributed by atoms with Crippen molar-refractivity contribution in [3.8, 4) is 0 Å². The van der Waals surface area contributed by atoms with Crippen LogP contribution in [0.15, 0.2) is 36.5 Å². The van der Waals surface area contributed by atoms with E-state index in [0.29, 0.717) is 12.8 Å². The van der Waals surface area contributed by atoms with Crippen LogP contribution in [0.5, 0.6) is 0 Å². The summed E-state index contributed by atoms with van der Waals surface area (Å²) in [5.41, 5.74) is 0. The molecule has 0 aromatic carbocycles. The summed E-state index contributed by atoms with van der Waals surface area (Å²) in [6, 6.07) is 0. The number of esters is 3. The standard InChI is InChI=1S/C51H92O6/c1-4-7-10-13-16-19-21-23-25-27-29-32-35-38-41-44-50(53)56-47-48(46-55-49(52)43-40-37-34-31-18-15-12-9-6-3)57-51(54)45-42-39-36-33-30-28-26-24-22-20-17-14-11-8-5-2/h9,12,18,31,37,40,48H,4-8,10-11,13-17,19-30,32-36,38-39,41-47H2,1-3H3/b12-9-,31-18-,40-37-. The molecule has 1 unspecified atom stereocenters. The first-order valence-electron chi connectivity index (χ1n) is 24.5. The summed E-state index contributed by atoms with van der Waals surface area (Å²) >= 11 is 0. The smallest absolute Gasteiger partial charge is 0.309 e. The largest absolute Gasteiger partial charge is 0.462 e. The molecular formula is C51H92O6. The first-order chi connectivity index (χ1) is 28.0. The average molecular weight is 801 g/mol. The lowest BCUT2D eigenvalue weighted by Gasteiger charge is -2.18. The fourth-order valence-corrected chi connectivity index (χ4v) is 7.03. The molecule has 0 N–H and O–H groups in total. The highest BCUT2D eigenvalue weighted by atomic mass is 16.6. The van der Waals surface area contributed by atoms with Crippen LogP contribution in [0.25, 0.3) is 0 Å². The molecule has 0 aliphatic carbocycles. The summed E-state index contributed by atoms with van der Waals surface area (Å²) in [6.45, 7) is 6.44. The SMILES string of the molecule is CC/C=C\C/C=C\C/C=C\CC(=O)OCC(COC(=O)CCCCCCCCCCCCCCCCC)OC(=O)CCCCCCCCCCCCCCCCC. The monoisotopic (exact) mass is 801 g/mol. The van der Waals surface area contributed by atoms with E-state index < -0.39 is 12.1 Å². The predicted octanol–water partition coefficient (Wildman–Crippen LogP) is 15.8. The Morgan fingerprint density at radius 1 is 0.368 bits per heavy atom. The second-order valence-electron chi connectivity index (χ2n) is 16.4. The maximum Gasteiger partial charge on any atom is 0.309 e. The highest BCUT2D eigenvalue weighted by Crippen LogP contribution is 2.16. The molecule has 0 saturated carbocycles. The van der Waals surface area contributed by atoms with Gasteiger partial charge in [0.15, 0.2) is 6.10 Å². The lowest BCUT2D eigenvalue weighted by molar-refractivity contribution is -0.166. The van der Waals surface area contributed by atoms with E-state index in [0.717, 1.165) is 57.8 Å². The van der Waals surface area contributed by atoms with Crippen LogP contribution in [-0.4, -0.2) is 37.2 Å². The molecule has 0 rings (SSSR count). The van der Waals surface area contributed by atoms with Gasteiger partial charge < -0.3 is 14.2 Å². The van der Waals surface area contributed by atoms with Crippen LogP contribution in [0, 0.1) is 0 Å². The number of unbranched alkanes of at least 4 members (excludes halogenated alkanes) is 28. The Bertz CT molecular complexity index is 969. The van der Waals surface area contributed by atoms with E-state index in [1.807, 2.05) is 6.08 Å². The van der Waals surface area contributed by atoms with Crippen molar-refractivity contribution in [3.63, 3.8) is 0 Å². The van der Waals surface area contributed by atoms with Crippen LogP contribution in [0.1, 0.15) is 252 Å². The minimum atomic E-state index is -0.800. The Kier molecular flexibility index (Phi) is 44.4. The van der Waals surface area contributed by atoms with Gasteiger partial charge in [0.2, 0.25) is 0 Å². The Morgan fingerprint density at radius 3 is 1.07 bits per heavy atom. The lowest BCUT2D eigenvalue weighted by Crippen LogP contribution is -2.30. The van der Waals surface area contributed by atoms with Gasteiger partial charge in [-0.2, -0.15) is 0 Å². The van der Waals surface area contributed by atoms with Crippen molar-refractivity contribution in [2.75, 3.05) is 13.2 Å². The van der Waals surface area contributed by atoms with Gasteiger partial charge in [-0.15, -0.1) is 0 Å². The third-order valence-corrected chi connectivity index (χ3v) is 10.7. The number of rotatable bonds is 44. The Balaban J connectivity index is 4.34. The van der Waals surface area contributed by atoms with Crippen molar-refractivity contribution < 1.29 is 28.6 Å². The Labute approximate surface area is 353 Å². The van der Waals surface area contributed by atoms with E-state index in [2.05, 4.69) is 45.1 Å². The fourth-order valence-electron chi connectivity index (χ4n) is 7.03. The quantitative estimate of drug-likeness (QED) is 0.0264. The third-order valence-electron chi connectivity index (χ3n) is 10.7. The van der Waals surface area contributed by atoms with Gasteiger partial charge in [-0.05, 0) is 32.1 Å². The molecule has 0 aromatic rings. The number of allylic oxidation sites excluding steroid dienone is 5. The molecular weight excluding hydrogens is 709 g/mol. The van der Waals surface area contributed by atoms with Crippen molar-refractivity contribution in [3.05, 3.63) is 36.5 Å². The first-order valence-corrected chi connectivity index (χ1v) is 24.5. The number of hydrogen-bond acceptors (Lipinski definition) is 6. The molecule has 0 aliphatic heterocycles. The predicted molar refractivity (Wildman–Crippen MR) is 242 cm³/mol. The molecule has 0 aromatic heterocycles. The molecule has 0 radical (unpaired) electrons. The average Bonchev–Trinajstić information content (AvgIpc) is 3.21. The van der Waals surface area contributed by atoms with Crippen molar-refractivity contribution >= 4 is 17.9 Å².